The smallest absolute Gasteiger partial charge is 0.381 e. The highest BCUT2D eigenvalue weighted by Crippen LogP contribution is 2.41. The van der Waals surface area contributed by atoms with Gasteiger partial charge in [-0.2, -0.15) is 23.5 Å². The first-order valence-corrected chi connectivity index (χ1v) is 10.9. The van der Waals surface area contributed by atoms with Crippen molar-refractivity contribution in [3.63, 3.8) is 0 Å². The molecule has 5 aromatic rings. The van der Waals surface area contributed by atoms with E-state index in [0.717, 1.165) is 0 Å². The molecule has 0 aliphatic heterocycles. The van der Waals surface area contributed by atoms with E-state index in [9.17, 15) is 27.9 Å². The van der Waals surface area contributed by atoms with E-state index in [1.54, 1.807) is 24.3 Å². The molecule has 4 aromatic carbocycles. The summed E-state index contributed by atoms with van der Waals surface area (Å²) in [5.74, 6) is -0.421. The number of rotatable bonds is 5. The van der Waals surface area contributed by atoms with Crippen LogP contribution in [0.2, 0.25) is 0 Å². The highest BCUT2D eigenvalue weighted by molar-refractivity contribution is 5.97. The first-order valence-electron chi connectivity index (χ1n) is 10.9. The number of aliphatic hydroxyl groups is 1. The second kappa shape index (κ2) is 8.66. The molecule has 0 bridgehead atoms. The highest BCUT2D eigenvalue weighted by atomic mass is 19.4. The van der Waals surface area contributed by atoms with Crippen molar-refractivity contribution < 1.29 is 22.7 Å². The molecule has 2 N–H and O–H groups in total. The number of nitriles is 1. The van der Waals surface area contributed by atoms with Gasteiger partial charge in [-0.1, -0.05) is 30.3 Å². The first kappa shape index (κ1) is 23.3. The third-order valence-electron chi connectivity index (χ3n) is 6.16. The molecule has 9 heteroatoms. The molecule has 0 spiro atoms. The minimum Gasteiger partial charge on any atom is -0.381 e. The lowest BCUT2D eigenvalue weighted by Gasteiger charge is -2.32. The summed E-state index contributed by atoms with van der Waals surface area (Å²) in [6, 6.07) is 21.4. The van der Waals surface area contributed by atoms with Crippen molar-refractivity contribution in [2.45, 2.75) is 11.8 Å². The van der Waals surface area contributed by atoms with Crippen molar-refractivity contribution in [1.29, 1.82) is 5.26 Å². The Labute approximate surface area is 202 Å². The fraction of sp³-hybridized carbons (Fsp3) is 0.111. The van der Waals surface area contributed by atoms with Crippen molar-refractivity contribution in [3.8, 4) is 11.8 Å². The Morgan fingerprint density at radius 1 is 0.944 bits per heavy atom. The highest BCUT2D eigenvalue weighted by Gasteiger charge is 2.55. The van der Waals surface area contributed by atoms with Gasteiger partial charge in [0, 0.05) is 21.8 Å². The van der Waals surface area contributed by atoms with Crippen LogP contribution in [0.4, 0.5) is 23.2 Å². The molecule has 0 saturated carbocycles. The number of aromatic nitrogens is 2. The summed E-state index contributed by atoms with van der Waals surface area (Å²) in [5, 5.41) is 28.8. The Hall–Kier alpha value is -4.42. The molecule has 0 aliphatic carbocycles. The SMILES string of the molecule is N#Cc1ccc(NCC(O)(c2ccc3c(cnn3-c3ccc(F)cc3)c2)C(F)(F)F)c2ccccc12. The van der Waals surface area contributed by atoms with Crippen LogP contribution >= 0.6 is 0 Å². The number of benzene rings is 4. The molecule has 1 aromatic heterocycles. The summed E-state index contributed by atoms with van der Waals surface area (Å²) >= 11 is 0. The van der Waals surface area contributed by atoms with E-state index < -0.39 is 24.1 Å². The van der Waals surface area contributed by atoms with Crippen molar-refractivity contribution in [1.82, 2.24) is 9.78 Å². The molecule has 1 heterocycles. The number of hydrogen-bond donors (Lipinski definition) is 2. The summed E-state index contributed by atoms with van der Waals surface area (Å²) in [6.45, 7) is -0.857. The van der Waals surface area contributed by atoms with Gasteiger partial charge in [0.25, 0.3) is 0 Å². The number of hydrogen-bond acceptors (Lipinski definition) is 4. The summed E-state index contributed by atoms with van der Waals surface area (Å²) in [6.07, 6.45) is -3.61. The van der Waals surface area contributed by atoms with Crippen molar-refractivity contribution >= 4 is 27.4 Å². The third kappa shape index (κ3) is 3.91. The van der Waals surface area contributed by atoms with Gasteiger partial charge in [-0.15, -0.1) is 0 Å². The summed E-state index contributed by atoms with van der Waals surface area (Å²) in [4.78, 5) is 0. The lowest BCUT2D eigenvalue weighted by atomic mass is 9.91. The summed E-state index contributed by atoms with van der Waals surface area (Å²) in [5.41, 5.74) is -1.77. The van der Waals surface area contributed by atoms with Crippen LogP contribution in [0.15, 0.2) is 85.1 Å². The van der Waals surface area contributed by atoms with Crippen LogP contribution in [-0.2, 0) is 5.60 Å². The summed E-state index contributed by atoms with van der Waals surface area (Å²) in [7, 11) is 0. The molecule has 1 unspecified atom stereocenters. The minimum atomic E-state index is -5.00. The van der Waals surface area contributed by atoms with Gasteiger partial charge < -0.3 is 10.4 Å². The Balaban J connectivity index is 1.52. The van der Waals surface area contributed by atoms with E-state index in [0.29, 0.717) is 38.6 Å². The topological polar surface area (TPSA) is 73.9 Å². The molecule has 0 fully saturated rings. The molecule has 0 aliphatic rings. The number of nitrogens with zero attached hydrogens (tertiary/aromatic N) is 3. The molecular weight excluding hydrogens is 472 g/mol. The largest absolute Gasteiger partial charge is 0.423 e. The standard InChI is InChI=1S/C27H18F4N4O/c28-20-7-9-21(10-8-20)35-25-12-6-19(13-18(25)15-34-35)26(36,27(29,30)31)16-33-24-11-5-17(14-32)22-3-1-2-4-23(22)24/h1-13,15,33,36H,16H2. The van der Waals surface area contributed by atoms with Gasteiger partial charge in [-0.3, -0.25) is 0 Å². The number of alkyl halides is 3. The maximum atomic E-state index is 14.2. The zero-order chi connectivity index (χ0) is 25.5. The third-order valence-corrected chi connectivity index (χ3v) is 6.16. The lowest BCUT2D eigenvalue weighted by molar-refractivity contribution is -0.260. The minimum absolute atomic E-state index is 0.355. The quantitative estimate of drug-likeness (QED) is 0.294. The fourth-order valence-electron chi connectivity index (χ4n) is 4.22. The average Bonchev–Trinajstić information content (AvgIpc) is 3.30. The number of anilines is 1. The van der Waals surface area contributed by atoms with Crippen molar-refractivity contribution in [2.75, 3.05) is 11.9 Å². The molecule has 0 amide bonds. The van der Waals surface area contributed by atoms with Crippen LogP contribution in [0.5, 0.6) is 0 Å². The molecule has 0 saturated heterocycles. The molecule has 36 heavy (non-hydrogen) atoms. The van der Waals surface area contributed by atoms with E-state index >= 15 is 0 Å². The van der Waals surface area contributed by atoms with Gasteiger partial charge in [-0.25, -0.2) is 9.07 Å². The van der Waals surface area contributed by atoms with Gasteiger partial charge in [0.1, 0.15) is 5.82 Å². The van der Waals surface area contributed by atoms with Crippen LogP contribution in [0.3, 0.4) is 0 Å². The second-order valence-corrected chi connectivity index (χ2v) is 8.34. The molecule has 1 atom stereocenters. The number of halogens is 4. The Kier molecular flexibility index (Phi) is 5.61. The maximum Gasteiger partial charge on any atom is 0.423 e. The summed E-state index contributed by atoms with van der Waals surface area (Å²) < 4.78 is 57.5. The molecular formula is C27H18F4N4O. The molecule has 5 rings (SSSR count). The van der Waals surface area contributed by atoms with Gasteiger partial charge in [0.05, 0.1) is 35.6 Å². The predicted octanol–water partition coefficient (Wildman–Crippen LogP) is 6.05. The maximum absolute atomic E-state index is 14.2. The first-order chi connectivity index (χ1) is 17.2. The zero-order valence-electron chi connectivity index (χ0n) is 18.6. The van der Waals surface area contributed by atoms with Gasteiger partial charge in [0.15, 0.2) is 0 Å². The van der Waals surface area contributed by atoms with Crippen LogP contribution in [0.25, 0.3) is 27.4 Å². The average molecular weight is 490 g/mol. The van der Waals surface area contributed by atoms with Gasteiger partial charge >= 0.3 is 6.18 Å². The zero-order valence-corrected chi connectivity index (χ0v) is 18.6. The normalized spacial score (nSPS) is 13.4. The van der Waals surface area contributed by atoms with Gasteiger partial charge in [-0.05, 0) is 54.1 Å². The van der Waals surface area contributed by atoms with Crippen molar-refractivity contribution in [3.05, 3.63) is 102 Å². The fourth-order valence-corrected chi connectivity index (χ4v) is 4.22. The van der Waals surface area contributed by atoms with E-state index in [4.69, 9.17) is 0 Å². The van der Waals surface area contributed by atoms with E-state index in [2.05, 4.69) is 16.5 Å². The van der Waals surface area contributed by atoms with Crippen LogP contribution in [0, 0.1) is 17.1 Å². The monoisotopic (exact) mass is 490 g/mol. The van der Waals surface area contributed by atoms with Crippen LogP contribution in [0.1, 0.15) is 11.1 Å². The van der Waals surface area contributed by atoms with Crippen LogP contribution < -0.4 is 5.32 Å². The second-order valence-electron chi connectivity index (χ2n) is 8.34. The van der Waals surface area contributed by atoms with E-state index in [1.807, 2.05) is 0 Å². The number of fused-ring (bicyclic) bond motifs is 2. The van der Waals surface area contributed by atoms with E-state index in [1.165, 1.54) is 65.5 Å². The lowest BCUT2D eigenvalue weighted by Crippen LogP contribution is -2.47. The Morgan fingerprint density at radius 2 is 1.67 bits per heavy atom. The molecule has 180 valence electrons. The van der Waals surface area contributed by atoms with E-state index in [-0.39, 0.29) is 5.56 Å². The van der Waals surface area contributed by atoms with Crippen molar-refractivity contribution in [2.24, 2.45) is 0 Å². The molecule has 0 radical (unpaired) electrons. The van der Waals surface area contributed by atoms with Gasteiger partial charge in [0.2, 0.25) is 5.60 Å². The number of nitrogens with one attached hydrogen (secondary N) is 1. The Bertz CT molecular complexity index is 1620. The Morgan fingerprint density at radius 3 is 2.36 bits per heavy atom. The van der Waals surface area contributed by atoms with Crippen LogP contribution in [-0.4, -0.2) is 27.6 Å². The predicted molar refractivity (Wildman–Crippen MR) is 128 cm³/mol. The molecule has 5 nitrogen and oxygen atoms in total.